The molecule has 5 rings (SSSR count). The van der Waals surface area contributed by atoms with E-state index in [2.05, 4.69) is 5.48 Å². The van der Waals surface area contributed by atoms with Crippen molar-refractivity contribution in [2.45, 2.75) is 31.4 Å². The van der Waals surface area contributed by atoms with Gasteiger partial charge in [-0.25, -0.2) is 5.48 Å². The molecule has 2 aliphatic heterocycles. The predicted octanol–water partition coefficient (Wildman–Crippen LogP) is 4.75. The van der Waals surface area contributed by atoms with E-state index in [9.17, 15) is 19.5 Å². The molecule has 3 aromatic rings. The van der Waals surface area contributed by atoms with Crippen molar-refractivity contribution < 1.29 is 24.3 Å². The number of rotatable bonds is 8. The van der Waals surface area contributed by atoms with Gasteiger partial charge in [0.25, 0.3) is 11.8 Å². The van der Waals surface area contributed by atoms with Crippen molar-refractivity contribution in [2.24, 2.45) is 5.92 Å². The van der Waals surface area contributed by atoms with Crippen molar-refractivity contribution in [2.75, 3.05) is 26.2 Å². The van der Waals surface area contributed by atoms with Crippen LogP contribution in [0.15, 0.2) is 72.8 Å². The van der Waals surface area contributed by atoms with Crippen molar-refractivity contribution in [3.63, 3.8) is 0 Å². The van der Waals surface area contributed by atoms with Gasteiger partial charge in [-0.15, -0.1) is 0 Å². The molecule has 0 radical (unpaired) electrons. The molecular weight excluding hydrogens is 565 g/mol. The predicted molar refractivity (Wildman–Crippen MR) is 155 cm³/mol. The second-order valence-electron chi connectivity index (χ2n) is 10.4. The third-order valence-electron chi connectivity index (χ3n) is 7.81. The van der Waals surface area contributed by atoms with Crippen LogP contribution in [0.25, 0.3) is 0 Å². The maximum absolute atomic E-state index is 14.0. The molecule has 41 heavy (non-hydrogen) atoms. The second kappa shape index (κ2) is 13.0. The molecule has 0 bridgehead atoms. The van der Waals surface area contributed by atoms with Gasteiger partial charge in [0.2, 0.25) is 5.91 Å². The quantitative estimate of drug-likeness (QED) is 0.366. The van der Waals surface area contributed by atoms with Gasteiger partial charge in [-0.1, -0.05) is 77.8 Å². The molecule has 2 N–H and O–H groups in total. The molecule has 0 spiro atoms. The first-order valence-corrected chi connectivity index (χ1v) is 14.3. The van der Waals surface area contributed by atoms with Crippen molar-refractivity contribution in [1.82, 2.24) is 15.3 Å². The lowest BCUT2D eigenvalue weighted by molar-refractivity contribution is -0.138. The summed E-state index contributed by atoms with van der Waals surface area (Å²) in [5.74, 6) is -1.62. The Morgan fingerprint density at radius 2 is 1.66 bits per heavy atom. The van der Waals surface area contributed by atoms with E-state index in [4.69, 9.17) is 28.0 Å². The van der Waals surface area contributed by atoms with E-state index in [1.54, 1.807) is 52.3 Å². The Kier molecular flexibility index (Phi) is 9.25. The number of carbonyl (C=O) groups is 3. The Morgan fingerprint density at radius 1 is 0.951 bits per heavy atom. The normalized spacial score (nSPS) is 19.1. The summed E-state index contributed by atoms with van der Waals surface area (Å²) >= 11 is 12.9. The highest BCUT2D eigenvalue weighted by Crippen LogP contribution is 2.46. The minimum absolute atomic E-state index is 0.0820. The third kappa shape index (κ3) is 6.41. The highest BCUT2D eigenvalue weighted by molar-refractivity contribution is 6.35. The number of halogens is 2. The lowest BCUT2D eigenvalue weighted by atomic mass is 9.78. The van der Waals surface area contributed by atoms with Crippen molar-refractivity contribution in [1.29, 1.82) is 0 Å². The van der Waals surface area contributed by atoms with Gasteiger partial charge in [0.15, 0.2) is 0 Å². The van der Waals surface area contributed by atoms with Crippen LogP contribution < -0.4 is 5.48 Å². The number of carbonyl (C=O) groups excluding carboxylic acids is 3. The average Bonchev–Trinajstić information content (AvgIpc) is 2.99. The van der Waals surface area contributed by atoms with Crippen LogP contribution in [0.4, 0.5) is 0 Å². The molecular formula is C31H31Cl2N3O5. The number of hydrogen-bond donors (Lipinski definition) is 2. The number of benzene rings is 3. The molecule has 2 heterocycles. The summed E-state index contributed by atoms with van der Waals surface area (Å²) in [7, 11) is 0. The Balaban J connectivity index is 1.48. The molecule has 214 valence electrons. The van der Waals surface area contributed by atoms with E-state index in [1.165, 1.54) is 0 Å². The van der Waals surface area contributed by atoms with Crippen molar-refractivity contribution in [3.8, 4) is 0 Å². The van der Waals surface area contributed by atoms with E-state index < -0.39 is 24.5 Å². The first kappa shape index (κ1) is 29.1. The lowest BCUT2D eigenvalue weighted by Crippen LogP contribution is -2.50. The Hall–Kier alpha value is -3.43. The monoisotopic (exact) mass is 595 g/mol. The van der Waals surface area contributed by atoms with Crippen molar-refractivity contribution >= 4 is 40.9 Å². The highest BCUT2D eigenvalue weighted by atomic mass is 35.5. The number of aliphatic hydroxyl groups is 1. The fourth-order valence-corrected chi connectivity index (χ4v) is 6.26. The summed E-state index contributed by atoms with van der Waals surface area (Å²) < 4.78 is 0. The van der Waals surface area contributed by atoms with Crippen LogP contribution in [-0.2, 0) is 21.0 Å². The molecule has 1 fully saturated rings. The minimum Gasteiger partial charge on any atom is -0.387 e. The topological polar surface area (TPSA) is 99.2 Å². The first-order chi connectivity index (χ1) is 19.9. The Morgan fingerprint density at radius 3 is 2.37 bits per heavy atom. The van der Waals surface area contributed by atoms with E-state index in [-0.39, 0.29) is 24.3 Å². The summed E-state index contributed by atoms with van der Waals surface area (Å²) in [5, 5.41) is 10.0. The van der Waals surface area contributed by atoms with Gasteiger partial charge < -0.3 is 14.9 Å². The van der Waals surface area contributed by atoms with Crippen LogP contribution >= 0.6 is 23.2 Å². The second-order valence-corrected chi connectivity index (χ2v) is 11.2. The molecule has 3 aromatic carbocycles. The molecule has 0 saturated carbocycles. The van der Waals surface area contributed by atoms with Crippen LogP contribution in [0, 0.1) is 5.92 Å². The molecule has 0 aliphatic carbocycles. The summed E-state index contributed by atoms with van der Waals surface area (Å²) in [6.45, 7) is 1.01. The summed E-state index contributed by atoms with van der Waals surface area (Å²) in [4.78, 5) is 48.9. The molecule has 1 saturated heterocycles. The van der Waals surface area contributed by atoms with Gasteiger partial charge in [-0.2, -0.15) is 0 Å². The van der Waals surface area contributed by atoms with Crippen LogP contribution in [0.1, 0.15) is 51.8 Å². The molecule has 0 aromatic heterocycles. The van der Waals surface area contributed by atoms with Gasteiger partial charge in [0.05, 0.1) is 18.6 Å². The number of nitrogens with one attached hydrogen (secondary N) is 1. The lowest BCUT2D eigenvalue weighted by Gasteiger charge is -2.44. The number of hydroxylamine groups is 1. The van der Waals surface area contributed by atoms with E-state index >= 15 is 0 Å². The molecule has 2 aliphatic rings. The molecule has 3 amide bonds. The molecule has 2 atom stereocenters. The maximum atomic E-state index is 14.0. The number of likely N-dealkylation sites (tertiary alicyclic amines) is 1. The summed E-state index contributed by atoms with van der Waals surface area (Å²) in [6.07, 6.45) is 1.32. The van der Waals surface area contributed by atoms with Crippen LogP contribution in [0.2, 0.25) is 10.0 Å². The smallest absolute Gasteiger partial charge is 0.254 e. The van der Waals surface area contributed by atoms with E-state index in [0.717, 1.165) is 5.56 Å². The maximum Gasteiger partial charge on any atom is 0.254 e. The fraction of sp³-hybridized carbons (Fsp3) is 0.323. The van der Waals surface area contributed by atoms with Crippen molar-refractivity contribution in [3.05, 3.63) is 105 Å². The van der Waals surface area contributed by atoms with Gasteiger partial charge in [-0.05, 0) is 53.6 Å². The zero-order chi connectivity index (χ0) is 28.9. The molecule has 10 heteroatoms. The number of hydrogen-bond acceptors (Lipinski definition) is 5. The number of nitrogens with zero attached hydrogens (tertiary/aromatic N) is 2. The summed E-state index contributed by atoms with van der Waals surface area (Å²) in [6, 6.07) is 21.0. The largest absolute Gasteiger partial charge is 0.387 e. The standard InChI is InChI=1S/C31H31Cl2N3O5/c32-22-10-11-25(26(33)16-22)29-28(30(39)34-41-19-21-6-2-1-3-7-21)23-8-4-5-9-24(23)31(40)36(29)17-20-12-14-35(15-13-20)27(38)18-37/h1-11,16,20,28-29,37H,12-15,17-19H2,(H,34,39)/t28-,29+/m1/s1. The first-order valence-electron chi connectivity index (χ1n) is 13.6. The number of aliphatic hydroxyl groups excluding tert-OH is 1. The van der Waals surface area contributed by atoms with Gasteiger partial charge in [-0.3, -0.25) is 19.2 Å². The van der Waals surface area contributed by atoms with Crippen LogP contribution in [0.3, 0.4) is 0 Å². The van der Waals surface area contributed by atoms with Crippen LogP contribution in [-0.4, -0.2) is 58.9 Å². The van der Waals surface area contributed by atoms with Crippen LogP contribution in [0.5, 0.6) is 0 Å². The zero-order valence-electron chi connectivity index (χ0n) is 22.3. The van der Waals surface area contributed by atoms with E-state index in [0.29, 0.717) is 59.2 Å². The third-order valence-corrected chi connectivity index (χ3v) is 8.38. The number of piperidine rings is 1. The fourth-order valence-electron chi connectivity index (χ4n) is 5.74. The molecule has 8 nitrogen and oxygen atoms in total. The van der Waals surface area contributed by atoms with Gasteiger partial charge in [0, 0.05) is 35.2 Å². The summed E-state index contributed by atoms with van der Waals surface area (Å²) in [5.41, 5.74) is 5.17. The SMILES string of the molecule is O=C(NOCc1ccccc1)[C@@H]1c2ccccc2C(=O)N(CC2CCN(C(=O)CO)CC2)[C@H]1c1ccc(Cl)cc1Cl. The number of amides is 3. The van der Waals surface area contributed by atoms with Gasteiger partial charge in [0.1, 0.15) is 6.61 Å². The Labute approximate surface area is 248 Å². The number of fused-ring (bicyclic) bond motifs is 1. The Bertz CT molecular complexity index is 1410. The zero-order valence-corrected chi connectivity index (χ0v) is 23.9. The van der Waals surface area contributed by atoms with E-state index in [1.807, 2.05) is 30.3 Å². The minimum atomic E-state index is -0.811. The molecule has 0 unspecified atom stereocenters. The van der Waals surface area contributed by atoms with Gasteiger partial charge >= 0.3 is 0 Å². The average molecular weight is 597 g/mol. The highest BCUT2D eigenvalue weighted by Gasteiger charge is 2.45.